The SMILES string of the molecule is CCCCCCCCNC(=S)c1c(-c2ccc(C)cc2)c2c3n(c(CNc4ccc(C)cc4)nn13)CCCC2. The van der Waals surface area contributed by atoms with Crippen LogP contribution in [-0.2, 0) is 19.5 Å². The lowest BCUT2D eigenvalue weighted by Gasteiger charge is -2.12. The lowest BCUT2D eigenvalue weighted by Crippen LogP contribution is -2.25. The lowest BCUT2D eigenvalue weighted by atomic mass is 9.97. The molecule has 0 saturated heterocycles. The average molecular weight is 542 g/mol. The normalized spacial score (nSPS) is 13.0. The molecule has 0 atom stereocenters. The van der Waals surface area contributed by atoms with Crippen LogP contribution in [0.3, 0.4) is 0 Å². The zero-order valence-electron chi connectivity index (χ0n) is 23.9. The minimum atomic E-state index is 0.682. The van der Waals surface area contributed by atoms with Gasteiger partial charge in [-0.15, -0.1) is 0 Å². The second kappa shape index (κ2) is 12.8. The molecule has 5 nitrogen and oxygen atoms in total. The van der Waals surface area contributed by atoms with E-state index in [0.29, 0.717) is 6.54 Å². The van der Waals surface area contributed by atoms with E-state index in [-0.39, 0.29) is 0 Å². The van der Waals surface area contributed by atoms with E-state index >= 15 is 0 Å². The van der Waals surface area contributed by atoms with Crippen LogP contribution >= 0.6 is 12.2 Å². The van der Waals surface area contributed by atoms with Gasteiger partial charge in [-0.1, -0.05) is 98.8 Å². The molecule has 1 aliphatic heterocycles. The van der Waals surface area contributed by atoms with Gasteiger partial charge >= 0.3 is 0 Å². The van der Waals surface area contributed by atoms with Crippen LogP contribution < -0.4 is 10.6 Å². The first-order valence-electron chi connectivity index (χ1n) is 14.9. The van der Waals surface area contributed by atoms with Gasteiger partial charge in [-0.3, -0.25) is 0 Å². The van der Waals surface area contributed by atoms with Gasteiger partial charge in [0.1, 0.15) is 16.3 Å². The molecule has 0 radical (unpaired) electrons. The summed E-state index contributed by atoms with van der Waals surface area (Å²) < 4.78 is 4.58. The minimum absolute atomic E-state index is 0.682. The Labute approximate surface area is 239 Å². The Hall–Kier alpha value is -3.12. The van der Waals surface area contributed by atoms with Gasteiger partial charge in [0.15, 0.2) is 5.82 Å². The standard InChI is InChI=1S/C33H43N5S/c1-4-5-6-7-8-10-21-34-32(39)31-30(26-17-13-24(2)14-18-26)28-12-9-11-22-37-29(36-38(31)33(28)37)23-35-27-19-15-25(3)16-20-27/h13-20,35H,4-12,21-23H2,1-3H3,(H,34,39). The van der Waals surface area contributed by atoms with Crippen LogP contribution in [-0.4, -0.2) is 25.7 Å². The number of aryl methyl sites for hydroxylation is 4. The van der Waals surface area contributed by atoms with Crippen molar-refractivity contribution in [2.24, 2.45) is 0 Å². The molecule has 0 saturated carbocycles. The number of aromatic nitrogens is 3. The molecule has 206 valence electrons. The Bertz CT molecular complexity index is 1400. The summed E-state index contributed by atoms with van der Waals surface area (Å²) in [6, 6.07) is 17.5. The van der Waals surface area contributed by atoms with Crippen LogP contribution in [0.15, 0.2) is 48.5 Å². The third-order valence-corrected chi connectivity index (χ3v) is 8.27. The van der Waals surface area contributed by atoms with Gasteiger partial charge < -0.3 is 15.2 Å². The van der Waals surface area contributed by atoms with E-state index in [9.17, 15) is 0 Å². The highest BCUT2D eigenvalue weighted by Gasteiger charge is 2.28. The fourth-order valence-corrected chi connectivity index (χ4v) is 6.01. The van der Waals surface area contributed by atoms with E-state index in [4.69, 9.17) is 17.3 Å². The summed E-state index contributed by atoms with van der Waals surface area (Å²) in [5, 5.41) is 12.4. The topological polar surface area (TPSA) is 46.3 Å². The Morgan fingerprint density at radius 3 is 2.33 bits per heavy atom. The van der Waals surface area contributed by atoms with Gasteiger partial charge in [0.05, 0.1) is 6.54 Å². The molecule has 0 spiro atoms. The number of rotatable bonds is 12. The molecular weight excluding hydrogens is 498 g/mol. The summed E-state index contributed by atoms with van der Waals surface area (Å²) >= 11 is 6.11. The average Bonchev–Trinajstić information content (AvgIpc) is 3.34. The monoisotopic (exact) mass is 541 g/mol. The number of thiocarbonyl (C=S) groups is 1. The number of anilines is 1. The first-order chi connectivity index (χ1) is 19.1. The predicted octanol–water partition coefficient (Wildman–Crippen LogP) is 7.99. The van der Waals surface area contributed by atoms with Crippen molar-refractivity contribution in [1.29, 1.82) is 0 Å². The van der Waals surface area contributed by atoms with Crippen LogP contribution in [0, 0.1) is 13.8 Å². The maximum absolute atomic E-state index is 6.11. The second-order valence-electron chi connectivity index (χ2n) is 11.1. The van der Waals surface area contributed by atoms with Crippen molar-refractivity contribution >= 4 is 28.5 Å². The first-order valence-corrected chi connectivity index (χ1v) is 15.3. The van der Waals surface area contributed by atoms with Gasteiger partial charge in [0.2, 0.25) is 0 Å². The van der Waals surface area contributed by atoms with Gasteiger partial charge in [-0.05, 0) is 57.2 Å². The second-order valence-corrected chi connectivity index (χ2v) is 11.5. The molecule has 3 heterocycles. The Morgan fingerprint density at radius 2 is 1.59 bits per heavy atom. The summed E-state index contributed by atoms with van der Waals surface area (Å²) in [5.41, 5.74) is 9.77. The number of hydrogen-bond donors (Lipinski definition) is 2. The highest BCUT2D eigenvalue weighted by atomic mass is 32.1. The summed E-state index contributed by atoms with van der Waals surface area (Å²) in [7, 11) is 0. The number of nitrogens with one attached hydrogen (secondary N) is 2. The van der Waals surface area contributed by atoms with Crippen molar-refractivity contribution in [3.05, 3.63) is 76.7 Å². The summed E-state index contributed by atoms with van der Waals surface area (Å²) in [4.78, 5) is 0.809. The zero-order chi connectivity index (χ0) is 27.2. The number of benzene rings is 2. The molecule has 2 N–H and O–H groups in total. The Kier molecular flexibility index (Phi) is 9.02. The van der Waals surface area contributed by atoms with Crippen molar-refractivity contribution in [3.63, 3.8) is 0 Å². The fourth-order valence-electron chi connectivity index (χ4n) is 5.72. The minimum Gasteiger partial charge on any atom is -0.378 e. The molecule has 0 amide bonds. The van der Waals surface area contributed by atoms with Gasteiger partial charge in [0.25, 0.3) is 0 Å². The van der Waals surface area contributed by atoms with Crippen molar-refractivity contribution in [3.8, 4) is 11.1 Å². The fraction of sp³-hybridized carbons (Fsp3) is 0.455. The first kappa shape index (κ1) is 27.4. The molecule has 0 aliphatic carbocycles. The Morgan fingerprint density at radius 1 is 0.897 bits per heavy atom. The highest BCUT2D eigenvalue weighted by Crippen LogP contribution is 2.37. The molecule has 0 bridgehead atoms. The molecule has 39 heavy (non-hydrogen) atoms. The van der Waals surface area contributed by atoms with Gasteiger partial charge in [-0.2, -0.15) is 5.10 Å². The van der Waals surface area contributed by atoms with Crippen molar-refractivity contribution < 1.29 is 0 Å². The number of unbranched alkanes of at least 4 members (excludes halogenated alkanes) is 5. The number of hydrogen-bond acceptors (Lipinski definition) is 3. The molecule has 0 fully saturated rings. The molecule has 2 aromatic carbocycles. The maximum Gasteiger partial charge on any atom is 0.150 e. The zero-order valence-corrected chi connectivity index (χ0v) is 24.7. The molecule has 5 rings (SSSR count). The largest absolute Gasteiger partial charge is 0.378 e. The maximum atomic E-state index is 6.11. The van der Waals surface area contributed by atoms with E-state index in [1.807, 2.05) is 0 Å². The van der Waals surface area contributed by atoms with E-state index < -0.39 is 0 Å². The molecule has 2 aromatic heterocycles. The van der Waals surface area contributed by atoms with E-state index in [2.05, 4.69) is 89.0 Å². The van der Waals surface area contributed by atoms with Crippen LogP contribution in [0.25, 0.3) is 16.8 Å². The third-order valence-electron chi connectivity index (χ3n) is 7.94. The van der Waals surface area contributed by atoms with Crippen LogP contribution in [0.4, 0.5) is 5.69 Å². The molecule has 1 aliphatic rings. The van der Waals surface area contributed by atoms with Gasteiger partial charge in [0, 0.05) is 29.9 Å². The smallest absolute Gasteiger partial charge is 0.150 e. The van der Waals surface area contributed by atoms with E-state index in [1.165, 1.54) is 72.0 Å². The highest BCUT2D eigenvalue weighted by molar-refractivity contribution is 7.80. The molecule has 6 heteroatoms. The number of nitrogens with zero attached hydrogens (tertiary/aromatic N) is 3. The van der Waals surface area contributed by atoms with Gasteiger partial charge in [-0.25, -0.2) is 4.52 Å². The van der Waals surface area contributed by atoms with E-state index in [1.54, 1.807) is 0 Å². The van der Waals surface area contributed by atoms with Crippen LogP contribution in [0.5, 0.6) is 0 Å². The molecule has 4 aromatic rings. The molecule has 0 unspecified atom stereocenters. The van der Waals surface area contributed by atoms with Crippen LogP contribution in [0.1, 0.15) is 86.5 Å². The quantitative estimate of drug-likeness (QED) is 0.141. The van der Waals surface area contributed by atoms with E-state index in [0.717, 1.165) is 54.5 Å². The molecular formula is C33H43N5S. The summed E-state index contributed by atoms with van der Waals surface area (Å²) in [6.07, 6.45) is 11.0. The Balaban J connectivity index is 1.48. The van der Waals surface area contributed by atoms with Crippen molar-refractivity contribution in [2.75, 3.05) is 11.9 Å². The lowest BCUT2D eigenvalue weighted by molar-refractivity contribution is 0.603. The van der Waals surface area contributed by atoms with Crippen molar-refractivity contribution in [1.82, 2.24) is 19.5 Å². The summed E-state index contributed by atoms with van der Waals surface area (Å²) in [5.74, 6) is 1.06. The van der Waals surface area contributed by atoms with Crippen molar-refractivity contribution in [2.45, 2.75) is 91.6 Å². The summed E-state index contributed by atoms with van der Waals surface area (Å²) in [6.45, 7) is 9.10. The predicted molar refractivity (Wildman–Crippen MR) is 168 cm³/mol. The third kappa shape index (κ3) is 6.22. The van der Waals surface area contributed by atoms with Crippen LogP contribution in [0.2, 0.25) is 0 Å².